The van der Waals surface area contributed by atoms with Crippen molar-refractivity contribution in [3.63, 3.8) is 0 Å². The number of carboxylic acid groups (broad SMARTS) is 2. The second kappa shape index (κ2) is 12.6. The van der Waals surface area contributed by atoms with Gasteiger partial charge >= 0.3 is 41.5 Å². The minimum absolute atomic E-state index is 0. The third-order valence-corrected chi connectivity index (χ3v) is 9.90. The van der Waals surface area contributed by atoms with E-state index in [2.05, 4.69) is 4.13 Å². The van der Waals surface area contributed by atoms with Gasteiger partial charge < -0.3 is 23.8 Å². The molecule has 1 saturated carbocycles. The summed E-state index contributed by atoms with van der Waals surface area (Å²) >= 11 is 0. The summed E-state index contributed by atoms with van der Waals surface area (Å²) in [6.45, 7) is 0.188. The number of fused-ring (bicyclic) bond motifs is 6. The molecule has 0 saturated heterocycles. The molecule has 2 aromatic rings. The van der Waals surface area contributed by atoms with Crippen molar-refractivity contribution in [1.82, 2.24) is 0 Å². The number of rotatable bonds is 6. The summed E-state index contributed by atoms with van der Waals surface area (Å²) in [6.07, 6.45) is 3.03. The molecule has 38 heavy (non-hydrogen) atoms. The Morgan fingerprint density at radius 2 is 1.42 bits per heavy atom. The Morgan fingerprint density at radius 1 is 0.816 bits per heavy atom. The predicted octanol–water partition coefficient (Wildman–Crippen LogP) is -0.0187. The van der Waals surface area contributed by atoms with Gasteiger partial charge in [0.05, 0.1) is 41.4 Å². The maximum Gasteiger partial charge on any atom is 1.00 e. The van der Waals surface area contributed by atoms with E-state index in [9.17, 15) is 31.5 Å². The van der Waals surface area contributed by atoms with Crippen LogP contribution in [0, 0.1) is 0 Å². The molecule has 2 aromatic carbocycles. The number of benzene rings is 2. The van der Waals surface area contributed by atoms with Crippen LogP contribution < -0.4 is 29.6 Å². The zero-order chi connectivity index (χ0) is 26.8. The molecule has 2 N–H and O–H groups in total. The standard InChI is InChI=1S/C24H26NO10S2.Na/c26-23(27)16-2-1-3-19(14-16)36(30,31)25-37(32,33)22-15-4-9-21(24(28)29)20(22)11-13-35-18-7-5-17(6-8-18)34-12-10-15;/h1-4,9,14,17-18H,5-8,10-13H2,(H,26,27)(H,28,29);/q-1;+1. The topological polar surface area (TPSA) is 175 Å². The van der Waals surface area contributed by atoms with E-state index < -0.39 is 41.8 Å². The van der Waals surface area contributed by atoms with Crippen LogP contribution in [0.2, 0.25) is 0 Å². The van der Waals surface area contributed by atoms with Crippen LogP contribution in [-0.4, -0.2) is 64.4 Å². The van der Waals surface area contributed by atoms with Crippen molar-refractivity contribution in [3.05, 3.63) is 62.8 Å². The molecule has 5 rings (SSSR count). The Hall–Kier alpha value is -1.84. The van der Waals surface area contributed by atoms with Gasteiger partial charge in [0.15, 0.2) is 0 Å². The molecule has 0 aromatic heterocycles. The zero-order valence-corrected chi connectivity index (χ0v) is 24.3. The number of carboxylic acids is 2. The predicted molar refractivity (Wildman–Crippen MR) is 130 cm³/mol. The minimum atomic E-state index is -4.97. The molecular weight excluding hydrogens is 549 g/mol. The molecule has 0 unspecified atom stereocenters. The maximum absolute atomic E-state index is 13.5. The summed E-state index contributed by atoms with van der Waals surface area (Å²) in [5.41, 5.74) is -0.590. The van der Waals surface area contributed by atoms with Crippen LogP contribution in [0.5, 0.6) is 0 Å². The molecule has 1 aliphatic carbocycles. The Kier molecular flexibility index (Phi) is 10.1. The maximum atomic E-state index is 13.5. The van der Waals surface area contributed by atoms with Crippen LogP contribution in [0.3, 0.4) is 0 Å². The van der Waals surface area contributed by atoms with E-state index in [1.165, 1.54) is 12.1 Å². The van der Waals surface area contributed by atoms with Crippen molar-refractivity contribution in [2.75, 3.05) is 13.2 Å². The largest absolute Gasteiger partial charge is 1.00 e. The summed E-state index contributed by atoms with van der Waals surface area (Å²) in [5.74, 6) is -2.78. The van der Waals surface area contributed by atoms with E-state index in [1.54, 1.807) is 0 Å². The minimum Gasteiger partial charge on any atom is -0.478 e. The first-order chi connectivity index (χ1) is 17.5. The second-order valence-electron chi connectivity index (χ2n) is 8.88. The van der Waals surface area contributed by atoms with Gasteiger partial charge in [0, 0.05) is 4.90 Å². The van der Waals surface area contributed by atoms with Crippen molar-refractivity contribution >= 4 is 32.0 Å². The van der Waals surface area contributed by atoms with E-state index in [-0.39, 0.29) is 90.1 Å². The van der Waals surface area contributed by atoms with Crippen molar-refractivity contribution in [2.24, 2.45) is 0 Å². The molecule has 2 aliphatic heterocycles. The molecule has 0 radical (unpaired) electrons. The molecule has 14 heteroatoms. The number of hydrogen-bond acceptors (Lipinski definition) is 8. The van der Waals surface area contributed by atoms with Gasteiger partial charge in [-0.05, 0) is 73.9 Å². The monoisotopic (exact) mass is 575 g/mol. The smallest absolute Gasteiger partial charge is 0.478 e. The van der Waals surface area contributed by atoms with E-state index in [1.807, 2.05) is 0 Å². The van der Waals surface area contributed by atoms with Crippen molar-refractivity contribution < 1.29 is 75.7 Å². The Morgan fingerprint density at radius 3 is 2.00 bits per heavy atom. The number of aromatic carboxylic acids is 2. The second-order valence-corrected chi connectivity index (χ2v) is 12.3. The average molecular weight is 576 g/mol. The fraction of sp³-hybridized carbons (Fsp3) is 0.417. The van der Waals surface area contributed by atoms with Crippen LogP contribution in [-0.2, 0) is 42.4 Å². The number of sulfonamides is 2. The Labute approximate surface area is 242 Å². The van der Waals surface area contributed by atoms with Crippen molar-refractivity contribution in [2.45, 2.75) is 60.5 Å². The summed E-state index contributed by atoms with van der Waals surface area (Å²) in [5, 5.41) is 18.9. The summed E-state index contributed by atoms with van der Waals surface area (Å²) < 4.78 is 68.0. The molecule has 11 nitrogen and oxygen atoms in total. The number of ether oxygens (including phenoxy) is 2. The average Bonchev–Trinajstić information content (AvgIpc) is 2.85. The molecule has 200 valence electrons. The van der Waals surface area contributed by atoms with Gasteiger partial charge in [0.2, 0.25) is 0 Å². The molecule has 0 amide bonds. The van der Waals surface area contributed by atoms with Crippen molar-refractivity contribution in [1.29, 1.82) is 0 Å². The van der Waals surface area contributed by atoms with Gasteiger partial charge in [-0.15, -0.1) is 0 Å². The summed E-state index contributed by atoms with van der Waals surface area (Å²) in [6, 6.07) is 6.76. The van der Waals surface area contributed by atoms with Crippen LogP contribution in [0.4, 0.5) is 0 Å². The van der Waals surface area contributed by atoms with Crippen LogP contribution in [0.25, 0.3) is 4.13 Å². The van der Waals surface area contributed by atoms with Crippen LogP contribution in [0.15, 0.2) is 46.2 Å². The van der Waals surface area contributed by atoms with E-state index in [0.717, 1.165) is 49.9 Å². The van der Waals surface area contributed by atoms with Gasteiger partial charge in [-0.25, -0.2) is 26.4 Å². The molecular formula is C24H26NNaO10S2. The van der Waals surface area contributed by atoms with Crippen LogP contribution in [0.1, 0.15) is 57.5 Å². The van der Waals surface area contributed by atoms with Gasteiger partial charge in [0.1, 0.15) is 20.0 Å². The fourth-order valence-corrected chi connectivity index (χ4v) is 7.90. The summed E-state index contributed by atoms with van der Waals surface area (Å²) in [7, 11) is -9.84. The molecule has 0 atom stereocenters. The first-order valence-corrected chi connectivity index (χ1v) is 14.5. The fourth-order valence-electron chi connectivity index (χ4n) is 4.67. The third-order valence-electron chi connectivity index (χ3n) is 6.46. The molecule has 3 aliphatic rings. The Balaban J connectivity index is 0.00000400. The van der Waals surface area contributed by atoms with E-state index in [0.29, 0.717) is 0 Å². The quantitative estimate of drug-likeness (QED) is 0.445. The summed E-state index contributed by atoms with van der Waals surface area (Å²) in [4.78, 5) is 22.1. The number of carbonyl (C=O) groups is 2. The normalized spacial score (nSPS) is 20.3. The molecule has 4 bridgehead atoms. The van der Waals surface area contributed by atoms with E-state index >= 15 is 0 Å². The SMILES string of the molecule is O=C(O)c1cccc(S(=O)(=O)[N-]S(=O)(=O)c2c3ccc(C(=O)O)c2CCOC2CCC(CC2)OCC3)c1.[Na+]. The van der Waals surface area contributed by atoms with E-state index in [4.69, 9.17) is 14.6 Å². The first kappa shape index (κ1) is 30.7. The van der Waals surface area contributed by atoms with Crippen molar-refractivity contribution in [3.8, 4) is 0 Å². The van der Waals surface area contributed by atoms with Gasteiger partial charge in [-0.3, -0.25) is 0 Å². The Bertz CT molecular complexity index is 1420. The number of hydrogen-bond donors (Lipinski definition) is 2. The van der Waals surface area contributed by atoms with Gasteiger partial charge in [0.25, 0.3) is 0 Å². The molecule has 2 heterocycles. The van der Waals surface area contributed by atoms with Crippen LogP contribution >= 0.6 is 0 Å². The zero-order valence-electron chi connectivity index (χ0n) is 20.7. The number of nitrogens with zero attached hydrogens (tertiary/aromatic N) is 1. The van der Waals surface area contributed by atoms with Gasteiger partial charge in [-0.1, -0.05) is 12.1 Å². The molecule has 1 fully saturated rings. The van der Waals surface area contributed by atoms with Gasteiger partial charge in [-0.2, -0.15) is 0 Å². The first-order valence-electron chi connectivity index (χ1n) is 11.7. The third kappa shape index (κ3) is 7.02. The molecule has 0 spiro atoms.